The fourth-order valence-corrected chi connectivity index (χ4v) is 2.22. The van der Waals surface area contributed by atoms with E-state index in [2.05, 4.69) is 10.3 Å². The molecule has 1 aliphatic rings. The van der Waals surface area contributed by atoms with Gasteiger partial charge in [0.15, 0.2) is 0 Å². The van der Waals surface area contributed by atoms with Gasteiger partial charge in [-0.25, -0.2) is 4.98 Å². The number of nitrogens with zero attached hydrogens (tertiary/aromatic N) is 2. The largest absolute Gasteiger partial charge is 0.373 e. The topological polar surface area (TPSA) is 62.3 Å². The third kappa shape index (κ3) is 2.01. The maximum absolute atomic E-state index is 11.4. The Bertz CT molecular complexity index is 420. The average molecular weight is 237 g/mol. The minimum atomic E-state index is -0.184. The average Bonchev–Trinajstić information content (AvgIpc) is 2.61. The Kier molecular flexibility index (Phi) is 3.09. The fraction of sp³-hybridized carbons (Fsp3) is 0.300. The van der Waals surface area contributed by atoms with Gasteiger partial charge in [-0.15, -0.1) is 0 Å². The summed E-state index contributed by atoms with van der Waals surface area (Å²) in [5.41, 5.74) is 0.842. The Morgan fingerprint density at radius 1 is 1.56 bits per heavy atom. The van der Waals surface area contributed by atoms with Gasteiger partial charge in [0.1, 0.15) is 5.82 Å². The number of thioether (sulfide) groups is 1. The van der Waals surface area contributed by atoms with Crippen molar-refractivity contribution in [3.8, 4) is 0 Å². The first-order chi connectivity index (χ1) is 7.72. The van der Waals surface area contributed by atoms with Crippen molar-refractivity contribution in [2.24, 2.45) is 0 Å². The number of hydrogen-bond acceptors (Lipinski definition) is 5. The predicted molar refractivity (Wildman–Crippen MR) is 62.2 cm³/mol. The second-order valence-electron chi connectivity index (χ2n) is 3.30. The number of carbonyl (C=O) groups excluding carboxylic acids is 2. The normalized spacial score (nSPS) is 15.7. The molecule has 1 N–H and O–H groups in total. The number of nitrogens with one attached hydrogen (secondary N) is 1. The standard InChI is InChI=1S/C10H11N3O2S/c1-11-9-7(3-2-4-12-9)5-13-8(14)6-16-10(13)15/h2-4H,5-6H2,1H3,(H,11,12). The molecule has 1 fully saturated rings. The third-order valence-electron chi connectivity index (χ3n) is 2.30. The Morgan fingerprint density at radius 2 is 2.38 bits per heavy atom. The van der Waals surface area contributed by atoms with E-state index in [1.807, 2.05) is 6.07 Å². The van der Waals surface area contributed by atoms with Gasteiger partial charge in [-0.1, -0.05) is 17.8 Å². The maximum atomic E-state index is 11.4. The maximum Gasteiger partial charge on any atom is 0.289 e. The molecule has 1 aliphatic heterocycles. The van der Waals surface area contributed by atoms with Crippen LogP contribution < -0.4 is 5.32 Å². The van der Waals surface area contributed by atoms with Crippen LogP contribution in [0.3, 0.4) is 0 Å². The number of anilines is 1. The molecule has 84 valence electrons. The highest BCUT2D eigenvalue weighted by molar-refractivity contribution is 8.14. The third-order valence-corrected chi connectivity index (χ3v) is 3.16. The Labute approximate surface area is 97.2 Å². The Hall–Kier alpha value is -1.56. The van der Waals surface area contributed by atoms with E-state index in [1.54, 1.807) is 19.3 Å². The van der Waals surface area contributed by atoms with E-state index in [0.29, 0.717) is 5.82 Å². The molecule has 0 bridgehead atoms. The van der Waals surface area contributed by atoms with Gasteiger partial charge in [-0.3, -0.25) is 14.5 Å². The van der Waals surface area contributed by atoms with Gasteiger partial charge in [-0.05, 0) is 6.07 Å². The summed E-state index contributed by atoms with van der Waals surface area (Å²) in [5, 5.41) is 2.75. The number of imide groups is 1. The van der Waals surface area contributed by atoms with Crippen molar-refractivity contribution in [3.63, 3.8) is 0 Å². The summed E-state index contributed by atoms with van der Waals surface area (Å²) in [6, 6.07) is 3.64. The van der Waals surface area contributed by atoms with Crippen molar-refractivity contribution in [3.05, 3.63) is 23.9 Å². The first-order valence-electron chi connectivity index (χ1n) is 4.81. The number of amides is 2. The van der Waals surface area contributed by atoms with Gasteiger partial charge in [-0.2, -0.15) is 0 Å². The van der Waals surface area contributed by atoms with E-state index in [1.165, 1.54) is 4.90 Å². The van der Waals surface area contributed by atoms with Crippen LogP contribution in [0.2, 0.25) is 0 Å². The van der Waals surface area contributed by atoms with Crippen LogP contribution in [0.15, 0.2) is 18.3 Å². The van der Waals surface area contributed by atoms with E-state index in [-0.39, 0.29) is 23.4 Å². The van der Waals surface area contributed by atoms with Crippen molar-refractivity contribution in [1.82, 2.24) is 9.88 Å². The number of aromatic nitrogens is 1. The smallest absolute Gasteiger partial charge is 0.289 e. The van der Waals surface area contributed by atoms with Crippen molar-refractivity contribution >= 4 is 28.7 Å². The molecular formula is C10H11N3O2S. The molecule has 1 aromatic rings. The fourth-order valence-electron chi connectivity index (χ4n) is 1.50. The van der Waals surface area contributed by atoms with Crippen LogP contribution in [0.5, 0.6) is 0 Å². The summed E-state index contributed by atoms with van der Waals surface area (Å²) in [5.74, 6) is 0.800. The van der Waals surface area contributed by atoms with Gasteiger partial charge >= 0.3 is 0 Å². The number of pyridine rings is 1. The SMILES string of the molecule is CNc1ncccc1CN1C(=O)CSC1=O. The van der Waals surface area contributed by atoms with Crippen LogP contribution in [0.25, 0.3) is 0 Å². The highest BCUT2D eigenvalue weighted by Gasteiger charge is 2.30. The molecule has 0 unspecified atom stereocenters. The number of carbonyl (C=O) groups is 2. The molecule has 6 heteroatoms. The van der Waals surface area contributed by atoms with Crippen molar-refractivity contribution < 1.29 is 9.59 Å². The lowest BCUT2D eigenvalue weighted by Gasteiger charge is -2.14. The lowest BCUT2D eigenvalue weighted by Crippen LogP contribution is -2.28. The lowest BCUT2D eigenvalue weighted by molar-refractivity contribution is -0.125. The summed E-state index contributed by atoms with van der Waals surface area (Å²) in [7, 11) is 1.76. The lowest BCUT2D eigenvalue weighted by atomic mass is 10.2. The van der Waals surface area contributed by atoms with Gasteiger partial charge in [0, 0.05) is 18.8 Å². The molecule has 0 aliphatic carbocycles. The molecule has 2 rings (SSSR count). The molecule has 5 nitrogen and oxygen atoms in total. The van der Waals surface area contributed by atoms with E-state index in [4.69, 9.17) is 0 Å². The minimum Gasteiger partial charge on any atom is -0.373 e. The monoisotopic (exact) mass is 237 g/mol. The van der Waals surface area contributed by atoms with Crippen molar-refractivity contribution in [2.45, 2.75) is 6.54 Å². The summed E-state index contributed by atoms with van der Waals surface area (Å²) in [4.78, 5) is 28.2. The zero-order valence-corrected chi connectivity index (χ0v) is 9.58. The van der Waals surface area contributed by atoms with Gasteiger partial charge in [0.05, 0.1) is 12.3 Å². The quantitative estimate of drug-likeness (QED) is 0.859. The molecule has 0 saturated carbocycles. The van der Waals surface area contributed by atoms with Crippen molar-refractivity contribution in [2.75, 3.05) is 18.1 Å². The van der Waals surface area contributed by atoms with Gasteiger partial charge in [0.25, 0.3) is 5.24 Å². The second-order valence-corrected chi connectivity index (χ2v) is 4.22. The van der Waals surface area contributed by atoms with Crippen LogP contribution in [0.4, 0.5) is 10.6 Å². The van der Waals surface area contributed by atoms with Crippen LogP contribution in [0.1, 0.15) is 5.56 Å². The predicted octanol–water partition coefficient (Wildman–Crippen LogP) is 1.32. The molecular weight excluding hydrogens is 226 g/mol. The van der Waals surface area contributed by atoms with E-state index < -0.39 is 0 Å². The Balaban J connectivity index is 2.20. The van der Waals surface area contributed by atoms with Gasteiger partial charge < -0.3 is 5.32 Å². The zero-order chi connectivity index (χ0) is 11.5. The molecule has 0 atom stereocenters. The first-order valence-corrected chi connectivity index (χ1v) is 5.79. The molecule has 0 aromatic carbocycles. The van der Waals surface area contributed by atoms with Crippen LogP contribution in [-0.4, -0.2) is 33.8 Å². The summed E-state index contributed by atoms with van der Waals surface area (Å²) < 4.78 is 0. The van der Waals surface area contributed by atoms with Crippen LogP contribution in [0, 0.1) is 0 Å². The first kappa shape index (κ1) is 10.9. The molecule has 2 amide bonds. The molecule has 0 radical (unpaired) electrons. The molecule has 1 aromatic heterocycles. The van der Waals surface area contributed by atoms with E-state index >= 15 is 0 Å². The highest BCUT2D eigenvalue weighted by atomic mass is 32.2. The van der Waals surface area contributed by atoms with Crippen molar-refractivity contribution in [1.29, 1.82) is 0 Å². The molecule has 16 heavy (non-hydrogen) atoms. The second kappa shape index (κ2) is 4.52. The zero-order valence-electron chi connectivity index (χ0n) is 8.77. The molecule has 0 spiro atoms. The van der Waals surface area contributed by atoms with E-state index in [0.717, 1.165) is 17.3 Å². The minimum absolute atomic E-state index is 0.138. The van der Waals surface area contributed by atoms with Crippen LogP contribution >= 0.6 is 11.8 Å². The van der Waals surface area contributed by atoms with Crippen LogP contribution in [-0.2, 0) is 11.3 Å². The molecule has 1 saturated heterocycles. The number of hydrogen-bond donors (Lipinski definition) is 1. The summed E-state index contributed by atoms with van der Waals surface area (Å²) >= 11 is 1.04. The number of rotatable bonds is 3. The summed E-state index contributed by atoms with van der Waals surface area (Å²) in [6.07, 6.45) is 1.66. The Morgan fingerprint density at radius 3 is 3.00 bits per heavy atom. The van der Waals surface area contributed by atoms with E-state index in [9.17, 15) is 9.59 Å². The molecule has 2 heterocycles. The van der Waals surface area contributed by atoms with Gasteiger partial charge in [0.2, 0.25) is 5.91 Å². The highest BCUT2D eigenvalue weighted by Crippen LogP contribution is 2.23. The summed E-state index contributed by atoms with van der Waals surface area (Å²) in [6.45, 7) is 0.286.